The lowest BCUT2D eigenvalue weighted by Crippen LogP contribution is -2.31. The van der Waals surface area contributed by atoms with Crippen molar-refractivity contribution in [3.63, 3.8) is 0 Å². The maximum absolute atomic E-state index is 12.0. The first kappa shape index (κ1) is 36.5. The van der Waals surface area contributed by atoms with Crippen LogP contribution in [0, 0.1) is 17.8 Å². The zero-order valence-corrected chi connectivity index (χ0v) is 27.8. The molecule has 242 valence electrons. The number of carbonyl (C=O) groups is 2. The van der Waals surface area contributed by atoms with Crippen molar-refractivity contribution < 1.29 is 28.6 Å². The van der Waals surface area contributed by atoms with Gasteiger partial charge < -0.3 is 14.2 Å². The summed E-state index contributed by atoms with van der Waals surface area (Å²) in [6.07, 6.45) is 16.1. The van der Waals surface area contributed by atoms with Gasteiger partial charge in [0.2, 0.25) is 5.91 Å². The summed E-state index contributed by atoms with van der Waals surface area (Å²) in [5.41, 5.74) is 2.47. The second-order valence-electron chi connectivity index (χ2n) is 13.1. The van der Waals surface area contributed by atoms with E-state index >= 15 is 0 Å². The highest BCUT2D eigenvalue weighted by atomic mass is 16.7. The Labute approximate surface area is 256 Å². The quantitative estimate of drug-likeness (QED) is 0.103. The normalized spacial score (nSPS) is 28.8. The minimum absolute atomic E-state index is 0.0139. The number of ether oxygens (including phenoxy) is 3. The lowest BCUT2D eigenvalue weighted by Gasteiger charge is -2.22. The average molecular weight is 592 g/mol. The third kappa shape index (κ3) is 12.1. The molecule has 3 heterocycles. The van der Waals surface area contributed by atoms with Crippen molar-refractivity contribution in [1.29, 1.82) is 0 Å². The third-order valence-corrected chi connectivity index (χ3v) is 9.10. The van der Waals surface area contributed by atoms with Gasteiger partial charge in [0.05, 0.1) is 37.4 Å². The summed E-state index contributed by atoms with van der Waals surface area (Å²) in [6, 6.07) is 0. The highest BCUT2D eigenvalue weighted by Gasteiger charge is 2.34. The van der Waals surface area contributed by atoms with E-state index in [1.807, 2.05) is 13.8 Å². The first-order chi connectivity index (χ1) is 20.0. The van der Waals surface area contributed by atoms with Crippen LogP contribution in [0.3, 0.4) is 0 Å². The standard InChI is InChI=1S/C19H35NO3.C16H26O3/c1-7-8-9-17-13-15(3)18(23-17)11-10-14(2)12-16(4)19(21)20(5)22-6;1-4-5-6-13-9-11(2)15(18-13)8-7-14-10-12(3)16(17)19-14/h14,16-18H,3,7-13H2,1-2,4-6H3;12-15H,2,4-10H2,1,3H3/t14-,16-,17+,18+;12-,13+,14?,15+/m11/s1. The zero-order chi connectivity index (χ0) is 31.2. The van der Waals surface area contributed by atoms with Gasteiger partial charge in [-0.3, -0.25) is 14.4 Å². The Morgan fingerprint density at radius 1 is 0.929 bits per heavy atom. The van der Waals surface area contributed by atoms with Gasteiger partial charge in [0.1, 0.15) is 6.10 Å². The van der Waals surface area contributed by atoms with Gasteiger partial charge in [0, 0.05) is 13.0 Å². The fraction of sp³-hybridized carbons (Fsp3) is 0.829. The maximum Gasteiger partial charge on any atom is 0.309 e. The predicted octanol–water partition coefficient (Wildman–Crippen LogP) is 7.97. The van der Waals surface area contributed by atoms with E-state index in [2.05, 4.69) is 33.9 Å². The highest BCUT2D eigenvalue weighted by Crippen LogP contribution is 2.33. The van der Waals surface area contributed by atoms with Crippen LogP contribution < -0.4 is 0 Å². The number of rotatable bonds is 16. The fourth-order valence-corrected chi connectivity index (χ4v) is 6.34. The van der Waals surface area contributed by atoms with Crippen LogP contribution in [-0.2, 0) is 28.6 Å². The van der Waals surface area contributed by atoms with Crippen LogP contribution in [0.25, 0.3) is 0 Å². The first-order valence-corrected chi connectivity index (χ1v) is 16.7. The molecule has 3 rings (SSSR count). The van der Waals surface area contributed by atoms with Gasteiger partial charge in [-0.15, -0.1) is 0 Å². The second-order valence-corrected chi connectivity index (χ2v) is 13.1. The molecule has 0 aliphatic carbocycles. The minimum atomic E-state index is -0.0445. The van der Waals surface area contributed by atoms with E-state index in [1.54, 1.807) is 7.05 Å². The van der Waals surface area contributed by atoms with E-state index in [-0.39, 0.29) is 42.0 Å². The molecular weight excluding hydrogens is 530 g/mol. The van der Waals surface area contributed by atoms with E-state index in [1.165, 1.54) is 49.0 Å². The number of amides is 1. The largest absolute Gasteiger partial charge is 0.462 e. The molecule has 0 N–H and O–H groups in total. The van der Waals surface area contributed by atoms with Crippen LogP contribution in [0.5, 0.6) is 0 Å². The summed E-state index contributed by atoms with van der Waals surface area (Å²) >= 11 is 0. The minimum Gasteiger partial charge on any atom is -0.462 e. The molecule has 0 saturated carbocycles. The van der Waals surface area contributed by atoms with Crippen molar-refractivity contribution in [1.82, 2.24) is 5.06 Å². The van der Waals surface area contributed by atoms with Crippen LogP contribution in [-0.4, -0.2) is 61.6 Å². The molecule has 0 aromatic heterocycles. The Kier molecular flexibility index (Phi) is 16.4. The van der Waals surface area contributed by atoms with E-state index in [9.17, 15) is 9.59 Å². The van der Waals surface area contributed by atoms with E-state index in [0.717, 1.165) is 64.2 Å². The number of cyclic esters (lactones) is 1. The number of hydroxylamine groups is 2. The molecule has 3 saturated heterocycles. The van der Waals surface area contributed by atoms with Crippen LogP contribution in [0.15, 0.2) is 24.3 Å². The van der Waals surface area contributed by atoms with Crippen LogP contribution in [0.1, 0.15) is 125 Å². The Morgan fingerprint density at radius 2 is 1.48 bits per heavy atom. The molecule has 3 aliphatic heterocycles. The fourth-order valence-electron chi connectivity index (χ4n) is 6.34. The van der Waals surface area contributed by atoms with E-state index in [0.29, 0.717) is 18.1 Å². The highest BCUT2D eigenvalue weighted by molar-refractivity contribution is 5.77. The monoisotopic (exact) mass is 591 g/mol. The Balaban J connectivity index is 0.000000298. The Hall–Kier alpha value is -1.70. The van der Waals surface area contributed by atoms with E-state index < -0.39 is 0 Å². The van der Waals surface area contributed by atoms with Gasteiger partial charge in [-0.1, -0.05) is 73.5 Å². The maximum atomic E-state index is 12.0. The summed E-state index contributed by atoms with van der Waals surface area (Å²) < 4.78 is 17.5. The SMILES string of the molecule is C=C1C[C@H](CCCC)O[C@H]1CCC1C[C@@H](C)C(=O)O1.C=C1C[C@H](CCCC)O[C@H]1CC[C@@H](C)C[C@@H](C)C(=O)N(C)OC. The van der Waals surface area contributed by atoms with Crippen molar-refractivity contribution in [3.8, 4) is 0 Å². The zero-order valence-electron chi connectivity index (χ0n) is 27.8. The van der Waals surface area contributed by atoms with Crippen molar-refractivity contribution in [3.05, 3.63) is 24.3 Å². The number of esters is 1. The van der Waals surface area contributed by atoms with Crippen LogP contribution in [0.2, 0.25) is 0 Å². The lowest BCUT2D eigenvalue weighted by atomic mass is 9.91. The summed E-state index contributed by atoms with van der Waals surface area (Å²) in [4.78, 5) is 28.3. The molecule has 1 unspecified atom stereocenters. The molecule has 1 amide bonds. The van der Waals surface area contributed by atoms with Crippen LogP contribution in [0.4, 0.5) is 0 Å². The molecule has 42 heavy (non-hydrogen) atoms. The van der Waals surface area contributed by atoms with Gasteiger partial charge in [0.15, 0.2) is 0 Å². The first-order valence-electron chi connectivity index (χ1n) is 16.7. The number of hydrogen-bond acceptors (Lipinski definition) is 6. The Morgan fingerprint density at radius 3 is 1.95 bits per heavy atom. The van der Waals surface area contributed by atoms with Crippen molar-refractivity contribution in [2.75, 3.05) is 14.2 Å². The van der Waals surface area contributed by atoms with Crippen LogP contribution >= 0.6 is 0 Å². The molecule has 7 nitrogen and oxygen atoms in total. The van der Waals surface area contributed by atoms with Gasteiger partial charge in [0.25, 0.3) is 0 Å². The molecule has 0 radical (unpaired) electrons. The average Bonchev–Trinajstić information content (AvgIpc) is 3.62. The lowest BCUT2D eigenvalue weighted by molar-refractivity contribution is -0.173. The molecule has 0 aromatic carbocycles. The number of nitrogens with zero attached hydrogens (tertiary/aromatic N) is 1. The van der Waals surface area contributed by atoms with Gasteiger partial charge in [-0.05, 0) is 81.3 Å². The smallest absolute Gasteiger partial charge is 0.309 e. The molecule has 3 fully saturated rings. The molecule has 8 atom stereocenters. The molecule has 7 heteroatoms. The Bertz CT molecular complexity index is 858. The number of carbonyl (C=O) groups excluding carboxylic acids is 2. The molecule has 0 spiro atoms. The molecule has 0 aromatic rings. The molecule has 0 bridgehead atoms. The van der Waals surface area contributed by atoms with E-state index in [4.69, 9.17) is 19.0 Å². The van der Waals surface area contributed by atoms with Crippen molar-refractivity contribution in [2.45, 2.75) is 155 Å². The number of unbranched alkanes of at least 4 members (excludes halogenated alkanes) is 2. The third-order valence-electron chi connectivity index (χ3n) is 9.10. The van der Waals surface area contributed by atoms with Crippen molar-refractivity contribution >= 4 is 11.9 Å². The predicted molar refractivity (Wildman–Crippen MR) is 169 cm³/mol. The van der Waals surface area contributed by atoms with Gasteiger partial charge >= 0.3 is 5.97 Å². The summed E-state index contributed by atoms with van der Waals surface area (Å²) in [5.74, 6) is 0.540. The molecular formula is C35H61NO6. The number of hydrogen-bond donors (Lipinski definition) is 0. The molecule has 3 aliphatic rings. The second kappa shape index (κ2) is 18.9. The summed E-state index contributed by atoms with van der Waals surface area (Å²) in [6.45, 7) is 18.9. The summed E-state index contributed by atoms with van der Waals surface area (Å²) in [5, 5.41) is 1.32. The van der Waals surface area contributed by atoms with Gasteiger partial charge in [-0.2, -0.15) is 0 Å². The topological polar surface area (TPSA) is 74.3 Å². The van der Waals surface area contributed by atoms with Crippen molar-refractivity contribution in [2.24, 2.45) is 17.8 Å². The summed E-state index contributed by atoms with van der Waals surface area (Å²) in [7, 11) is 3.18. The van der Waals surface area contributed by atoms with Gasteiger partial charge in [-0.25, -0.2) is 5.06 Å².